The summed E-state index contributed by atoms with van der Waals surface area (Å²) in [6, 6.07) is 5.93. The van der Waals surface area contributed by atoms with E-state index in [4.69, 9.17) is 11.6 Å². The topological polar surface area (TPSA) is 59.9 Å². The van der Waals surface area contributed by atoms with E-state index in [-0.39, 0.29) is 9.24 Å². The van der Waals surface area contributed by atoms with Crippen LogP contribution < -0.4 is 0 Å². The molecule has 0 saturated carbocycles. The van der Waals surface area contributed by atoms with E-state index in [2.05, 4.69) is 10.2 Å². The number of rotatable bonds is 2. The van der Waals surface area contributed by atoms with Gasteiger partial charge in [0.05, 0.1) is 4.90 Å². The van der Waals surface area contributed by atoms with Crippen LogP contribution in [-0.2, 0) is 9.84 Å². The summed E-state index contributed by atoms with van der Waals surface area (Å²) in [4.78, 5) is 0.170. The van der Waals surface area contributed by atoms with Gasteiger partial charge in [0.25, 0.3) is 0 Å². The number of halogens is 1. The summed E-state index contributed by atoms with van der Waals surface area (Å²) in [5.74, 6) is 0. The van der Waals surface area contributed by atoms with E-state index in [0.29, 0.717) is 5.02 Å². The molecule has 0 aliphatic rings. The molecule has 0 atom stereocenters. The van der Waals surface area contributed by atoms with E-state index in [0.717, 1.165) is 11.3 Å². The summed E-state index contributed by atoms with van der Waals surface area (Å²) in [6.07, 6.45) is 0. The van der Waals surface area contributed by atoms with Crippen molar-refractivity contribution >= 4 is 32.8 Å². The molecular weight excluding hydrogens is 256 g/mol. The maximum absolute atomic E-state index is 11.9. The van der Waals surface area contributed by atoms with Gasteiger partial charge in [0.15, 0.2) is 0 Å². The van der Waals surface area contributed by atoms with Gasteiger partial charge in [-0.15, -0.1) is 10.2 Å². The number of hydrogen-bond acceptors (Lipinski definition) is 5. The zero-order valence-corrected chi connectivity index (χ0v) is 9.68. The van der Waals surface area contributed by atoms with Crippen LogP contribution in [0.5, 0.6) is 0 Å². The Bertz CT molecular complexity index is 549. The van der Waals surface area contributed by atoms with Gasteiger partial charge in [0.1, 0.15) is 5.51 Å². The predicted molar refractivity (Wildman–Crippen MR) is 56.8 cm³/mol. The highest BCUT2D eigenvalue weighted by Crippen LogP contribution is 2.22. The average Bonchev–Trinajstić information content (AvgIpc) is 2.71. The van der Waals surface area contributed by atoms with Crippen LogP contribution in [0.4, 0.5) is 0 Å². The molecular formula is C8H5ClN2O2S2. The van der Waals surface area contributed by atoms with Crippen LogP contribution in [0.2, 0.25) is 5.02 Å². The van der Waals surface area contributed by atoms with Crippen LogP contribution in [0.1, 0.15) is 0 Å². The molecule has 0 aliphatic heterocycles. The van der Waals surface area contributed by atoms with Gasteiger partial charge in [-0.2, -0.15) is 0 Å². The lowest BCUT2D eigenvalue weighted by Crippen LogP contribution is -2.01. The zero-order valence-electron chi connectivity index (χ0n) is 7.29. The molecule has 0 bridgehead atoms. The first-order chi connectivity index (χ1) is 7.10. The van der Waals surface area contributed by atoms with Crippen molar-refractivity contribution in [1.29, 1.82) is 0 Å². The third kappa shape index (κ3) is 2.01. The maximum atomic E-state index is 11.9. The minimum absolute atomic E-state index is 0.00942. The smallest absolute Gasteiger partial charge is 0.216 e. The molecule has 4 nitrogen and oxygen atoms in total. The molecule has 0 aliphatic carbocycles. The number of sulfone groups is 1. The Hall–Kier alpha value is -0.980. The lowest BCUT2D eigenvalue weighted by Gasteiger charge is -1.99. The standard InChI is InChI=1S/C8H5ClN2O2S2/c9-6-1-3-7(4-2-6)15(12,13)8-11-10-5-14-8/h1-5H. The first-order valence-electron chi connectivity index (χ1n) is 3.87. The summed E-state index contributed by atoms with van der Waals surface area (Å²) in [5.41, 5.74) is 1.38. The molecule has 15 heavy (non-hydrogen) atoms. The van der Waals surface area contributed by atoms with E-state index in [9.17, 15) is 8.42 Å². The van der Waals surface area contributed by atoms with E-state index < -0.39 is 9.84 Å². The molecule has 1 aromatic carbocycles. The van der Waals surface area contributed by atoms with Crippen LogP contribution in [0, 0.1) is 0 Å². The Balaban J connectivity index is 2.52. The van der Waals surface area contributed by atoms with Gasteiger partial charge in [0.2, 0.25) is 14.2 Å². The largest absolute Gasteiger partial charge is 0.237 e. The third-order valence-electron chi connectivity index (χ3n) is 1.69. The molecule has 1 heterocycles. The molecule has 0 N–H and O–H groups in total. The molecule has 0 saturated heterocycles. The van der Waals surface area contributed by atoms with Crippen LogP contribution in [-0.4, -0.2) is 18.6 Å². The Labute approximate surface area is 95.5 Å². The SMILES string of the molecule is O=S(=O)(c1ccc(Cl)cc1)c1nncs1. The number of hydrogen-bond donors (Lipinski definition) is 0. The first kappa shape index (κ1) is 10.5. The summed E-state index contributed by atoms with van der Waals surface area (Å²) in [5, 5.41) is 7.52. The third-order valence-corrected chi connectivity index (χ3v) is 4.81. The Morgan fingerprint density at radius 3 is 2.40 bits per heavy atom. The van der Waals surface area contributed by atoms with Crippen molar-refractivity contribution in [2.75, 3.05) is 0 Å². The molecule has 2 aromatic rings. The second kappa shape index (κ2) is 3.88. The second-order valence-electron chi connectivity index (χ2n) is 2.66. The summed E-state index contributed by atoms with van der Waals surface area (Å²) in [7, 11) is -3.53. The molecule has 0 radical (unpaired) electrons. The minimum Gasteiger partial charge on any atom is -0.216 e. The lowest BCUT2D eigenvalue weighted by atomic mass is 10.4. The summed E-state index contributed by atoms with van der Waals surface area (Å²) in [6.45, 7) is 0. The van der Waals surface area contributed by atoms with Gasteiger partial charge in [-0.05, 0) is 24.3 Å². The summed E-state index contributed by atoms with van der Waals surface area (Å²) >= 11 is 6.65. The highest BCUT2D eigenvalue weighted by molar-refractivity contribution is 7.93. The van der Waals surface area contributed by atoms with E-state index in [1.54, 1.807) is 0 Å². The molecule has 0 unspecified atom stereocenters. The summed E-state index contributed by atoms with van der Waals surface area (Å²) < 4.78 is 23.7. The van der Waals surface area contributed by atoms with Crippen molar-refractivity contribution in [3.05, 3.63) is 34.8 Å². The van der Waals surface area contributed by atoms with Gasteiger partial charge in [-0.3, -0.25) is 0 Å². The predicted octanol–water partition coefficient (Wildman–Crippen LogP) is 2.02. The van der Waals surface area contributed by atoms with Gasteiger partial charge in [-0.25, -0.2) is 8.42 Å². The fraction of sp³-hybridized carbons (Fsp3) is 0. The van der Waals surface area contributed by atoms with Crippen molar-refractivity contribution < 1.29 is 8.42 Å². The molecule has 0 fully saturated rings. The number of nitrogens with zero attached hydrogens (tertiary/aromatic N) is 2. The monoisotopic (exact) mass is 260 g/mol. The van der Waals surface area contributed by atoms with Crippen molar-refractivity contribution in [3.63, 3.8) is 0 Å². The van der Waals surface area contributed by atoms with Gasteiger partial charge >= 0.3 is 0 Å². The van der Waals surface area contributed by atoms with E-state index in [1.165, 1.54) is 29.8 Å². The Kier molecular flexibility index (Phi) is 2.72. The zero-order chi connectivity index (χ0) is 10.9. The van der Waals surface area contributed by atoms with Gasteiger partial charge in [0, 0.05) is 5.02 Å². The van der Waals surface area contributed by atoms with Crippen LogP contribution in [0.3, 0.4) is 0 Å². The van der Waals surface area contributed by atoms with Gasteiger partial charge in [-0.1, -0.05) is 22.9 Å². The average molecular weight is 261 g/mol. The molecule has 0 amide bonds. The molecule has 1 aromatic heterocycles. The Morgan fingerprint density at radius 1 is 1.20 bits per heavy atom. The van der Waals surface area contributed by atoms with Gasteiger partial charge < -0.3 is 0 Å². The number of aromatic nitrogens is 2. The fourth-order valence-electron chi connectivity index (χ4n) is 0.995. The number of benzene rings is 1. The van der Waals surface area contributed by atoms with Crippen molar-refractivity contribution in [3.8, 4) is 0 Å². The minimum atomic E-state index is -3.53. The highest BCUT2D eigenvalue weighted by atomic mass is 35.5. The first-order valence-corrected chi connectivity index (χ1v) is 6.61. The molecule has 78 valence electrons. The van der Waals surface area contributed by atoms with Crippen LogP contribution in [0.25, 0.3) is 0 Å². The van der Waals surface area contributed by atoms with Crippen LogP contribution >= 0.6 is 22.9 Å². The highest BCUT2D eigenvalue weighted by Gasteiger charge is 2.20. The Morgan fingerprint density at radius 2 is 1.87 bits per heavy atom. The molecule has 0 spiro atoms. The molecule has 7 heteroatoms. The quantitative estimate of drug-likeness (QED) is 0.829. The molecule has 2 rings (SSSR count). The lowest BCUT2D eigenvalue weighted by molar-refractivity contribution is 0.594. The van der Waals surface area contributed by atoms with E-state index in [1.807, 2.05) is 0 Å². The second-order valence-corrected chi connectivity index (χ2v) is 6.06. The normalized spacial score (nSPS) is 11.5. The maximum Gasteiger partial charge on any atom is 0.237 e. The fourth-order valence-corrected chi connectivity index (χ4v) is 3.17. The van der Waals surface area contributed by atoms with Crippen molar-refractivity contribution in [2.45, 2.75) is 9.24 Å². The van der Waals surface area contributed by atoms with E-state index >= 15 is 0 Å². The van der Waals surface area contributed by atoms with Crippen molar-refractivity contribution in [1.82, 2.24) is 10.2 Å². The van der Waals surface area contributed by atoms with Crippen molar-refractivity contribution in [2.24, 2.45) is 0 Å². The van der Waals surface area contributed by atoms with Crippen LogP contribution in [0.15, 0.2) is 39.0 Å².